The van der Waals surface area contributed by atoms with Gasteiger partial charge >= 0.3 is 12.1 Å². The maximum Gasteiger partial charge on any atom is 0.418 e. The maximum atomic E-state index is 13.7. The molecule has 0 saturated carbocycles. The number of amides is 6. The molecule has 2 aliphatic rings. The zero-order chi connectivity index (χ0) is 30.0. The van der Waals surface area contributed by atoms with Crippen LogP contribution in [-0.2, 0) is 44.2 Å². The Labute approximate surface area is 239 Å². The number of carbonyl (C=O) groups is 5. The van der Waals surface area contributed by atoms with Crippen molar-refractivity contribution in [1.29, 1.82) is 0 Å². The van der Waals surface area contributed by atoms with Crippen LogP contribution in [0.4, 0.5) is 25.4 Å². The molecule has 0 bridgehead atoms. The summed E-state index contributed by atoms with van der Waals surface area (Å²) < 4.78 is 20.5. The van der Waals surface area contributed by atoms with Gasteiger partial charge in [-0.1, -0.05) is 18.2 Å². The summed E-state index contributed by atoms with van der Waals surface area (Å²) >= 11 is 0. The third-order valence-electron chi connectivity index (χ3n) is 7.21. The van der Waals surface area contributed by atoms with E-state index in [1.54, 1.807) is 18.2 Å². The summed E-state index contributed by atoms with van der Waals surface area (Å²) in [6.45, 7) is -0.724. The Morgan fingerprint density at radius 2 is 1.83 bits per heavy atom. The Morgan fingerprint density at radius 1 is 1.07 bits per heavy atom. The number of hydrogen-bond acceptors (Lipinski definition) is 7. The van der Waals surface area contributed by atoms with E-state index in [-0.39, 0.29) is 25.4 Å². The number of benzene rings is 2. The van der Waals surface area contributed by atoms with E-state index < -0.39 is 41.9 Å². The van der Waals surface area contributed by atoms with Gasteiger partial charge in [0.25, 0.3) is 5.91 Å². The highest BCUT2D eigenvalue weighted by Gasteiger charge is 2.58. The number of anilines is 2. The molecule has 0 radical (unpaired) electrons. The Morgan fingerprint density at radius 3 is 2.55 bits per heavy atom. The van der Waals surface area contributed by atoms with Gasteiger partial charge in [0.15, 0.2) is 0 Å². The molecule has 0 unspecified atom stereocenters. The lowest BCUT2D eigenvalue weighted by molar-refractivity contribution is -0.139. The van der Waals surface area contributed by atoms with Crippen molar-refractivity contribution in [2.75, 3.05) is 30.9 Å². The standard InChI is InChI=1S/C28H28FN7O6/c1-30-23(37)15-34-14-21(12-32-34)35(13-17-3-5-19(29)6-4-17)24(38)16-36-25(39)28(42-27(36)41)10-9-18-11-20(7-8-22(18)28)33-26(40)31-2/h3-8,11-12,14H,9-10,13,15-16H2,1-2H3,(H,30,37)(H2,31,33,40)/t28-/m1/s1. The van der Waals surface area contributed by atoms with Crippen LogP contribution in [0.25, 0.3) is 0 Å². The molecule has 6 amide bonds. The minimum absolute atomic E-state index is 0.0169. The third kappa shape index (κ3) is 5.38. The molecule has 13 nitrogen and oxygen atoms in total. The van der Waals surface area contributed by atoms with Crippen molar-refractivity contribution in [3.8, 4) is 0 Å². The van der Waals surface area contributed by atoms with Crippen LogP contribution >= 0.6 is 0 Å². The maximum absolute atomic E-state index is 13.7. The van der Waals surface area contributed by atoms with E-state index in [1.807, 2.05) is 0 Å². The largest absolute Gasteiger partial charge is 0.427 e. The summed E-state index contributed by atoms with van der Waals surface area (Å²) in [6.07, 6.45) is 2.52. The minimum Gasteiger partial charge on any atom is -0.427 e. The summed E-state index contributed by atoms with van der Waals surface area (Å²) in [5.74, 6) is -2.03. The van der Waals surface area contributed by atoms with Crippen molar-refractivity contribution in [3.05, 3.63) is 77.4 Å². The first-order valence-corrected chi connectivity index (χ1v) is 13.1. The average Bonchev–Trinajstić information content (AvgIpc) is 3.65. The topological polar surface area (TPSA) is 155 Å². The van der Waals surface area contributed by atoms with Gasteiger partial charge in [-0.15, -0.1) is 0 Å². The highest BCUT2D eigenvalue weighted by Crippen LogP contribution is 2.46. The lowest BCUT2D eigenvalue weighted by atomic mass is 9.94. The smallest absolute Gasteiger partial charge is 0.418 e. The number of urea groups is 1. The second-order valence-electron chi connectivity index (χ2n) is 9.84. The summed E-state index contributed by atoms with van der Waals surface area (Å²) in [6, 6.07) is 10.1. The number of aromatic nitrogens is 2. The molecule has 3 N–H and O–H groups in total. The molecule has 14 heteroatoms. The summed E-state index contributed by atoms with van der Waals surface area (Å²) in [5.41, 5.74) is 1.07. The average molecular weight is 578 g/mol. The fourth-order valence-electron chi connectivity index (χ4n) is 5.05. The van der Waals surface area contributed by atoms with Gasteiger partial charge < -0.3 is 25.6 Å². The van der Waals surface area contributed by atoms with E-state index in [4.69, 9.17) is 4.74 Å². The molecule has 1 aliphatic carbocycles. The van der Waals surface area contributed by atoms with Crippen molar-refractivity contribution in [2.45, 2.75) is 31.5 Å². The van der Waals surface area contributed by atoms with Gasteiger partial charge in [0.2, 0.25) is 17.4 Å². The predicted molar refractivity (Wildman–Crippen MR) is 147 cm³/mol. The highest BCUT2D eigenvalue weighted by atomic mass is 19.1. The Hall–Kier alpha value is -5.27. The second kappa shape index (κ2) is 11.3. The van der Waals surface area contributed by atoms with E-state index >= 15 is 0 Å². The number of imide groups is 1. The normalized spacial score (nSPS) is 17.2. The first-order chi connectivity index (χ1) is 20.1. The first kappa shape index (κ1) is 28.3. The van der Waals surface area contributed by atoms with Crippen molar-refractivity contribution < 1.29 is 33.1 Å². The summed E-state index contributed by atoms with van der Waals surface area (Å²) in [4.78, 5) is 65.9. The number of fused-ring (bicyclic) bond motifs is 2. The predicted octanol–water partition coefficient (Wildman–Crippen LogP) is 1.87. The van der Waals surface area contributed by atoms with Crippen molar-refractivity contribution in [1.82, 2.24) is 25.3 Å². The molecule has 1 atom stereocenters. The number of halogens is 1. The second-order valence-corrected chi connectivity index (χ2v) is 9.84. The van der Waals surface area contributed by atoms with Crippen LogP contribution in [0.2, 0.25) is 0 Å². The number of nitrogens with one attached hydrogen (secondary N) is 3. The van der Waals surface area contributed by atoms with Crippen LogP contribution in [0.15, 0.2) is 54.9 Å². The van der Waals surface area contributed by atoms with Crippen LogP contribution in [0.1, 0.15) is 23.1 Å². The van der Waals surface area contributed by atoms with Crippen LogP contribution in [0.3, 0.4) is 0 Å². The zero-order valence-corrected chi connectivity index (χ0v) is 22.8. The molecule has 5 rings (SSSR count). The number of likely N-dealkylation sites (N-methyl/N-ethyl adjacent to an activating group) is 1. The molecule has 1 fully saturated rings. The lowest BCUT2D eigenvalue weighted by Gasteiger charge is -2.24. The van der Waals surface area contributed by atoms with Gasteiger partial charge in [0.1, 0.15) is 18.9 Å². The van der Waals surface area contributed by atoms with Crippen LogP contribution in [0.5, 0.6) is 0 Å². The molecule has 3 aromatic rings. The molecular formula is C28H28FN7O6. The monoisotopic (exact) mass is 577 g/mol. The summed E-state index contributed by atoms with van der Waals surface area (Å²) in [7, 11) is 2.97. The molecule has 1 aromatic heterocycles. The number of aryl methyl sites for hydroxylation is 1. The van der Waals surface area contributed by atoms with Gasteiger partial charge in [-0.25, -0.2) is 18.9 Å². The fourth-order valence-corrected chi connectivity index (χ4v) is 5.05. The first-order valence-electron chi connectivity index (χ1n) is 13.1. The van der Waals surface area contributed by atoms with E-state index in [0.717, 1.165) is 10.5 Å². The SMILES string of the molecule is CNC(=O)Cn1cc(N(Cc2ccc(F)cc2)C(=O)CN2C(=O)O[C@@]3(CCc4cc(NC(=O)NC)ccc43)C2=O)cn1. The molecular weight excluding hydrogens is 549 g/mol. The Bertz CT molecular complexity index is 1570. The molecule has 2 heterocycles. The summed E-state index contributed by atoms with van der Waals surface area (Å²) in [5, 5.41) is 11.8. The van der Waals surface area contributed by atoms with Crippen molar-refractivity contribution in [3.63, 3.8) is 0 Å². The van der Waals surface area contributed by atoms with E-state index in [2.05, 4.69) is 21.0 Å². The number of nitrogens with zero attached hydrogens (tertiary/aromatic N) is 4. The van der Waals surface area contributed by atoms with Gasteiger partial charge in [-0.05, 0) is 41.8 Å². The van der Waals surface area contributed by atoms with Gasteiger partial charge in [-0.3, -0.25) is 19.1 Å². The number of rotatable bonds is 8. The van der Waals surface area contributed by atoms with Crippen molar-refractivity contribution in [2.24, 2.45) is 0 Å². The molecule has 218 valence electrons. The molecule has 42 heavy (non-hydrogen) atoms. The fraction of sp³-hybridized carbons (Fsp3) is 0.286. The highest BCUT2D eigenvalue weighted by molar-refractivity contribution is 6.08. The quantitative estimate of drug-likeness (QED) is 0.369. The Kier molecular flexibility index (Phi) is 7.61. The molecule has 1 saturated heterocycles. The number of hydrogen-bond donors (Lipinski definition) is 3. The van der Waals surface area contributed by atoms with Crippen LogP contribution < -0.4 is 20.9 Å². The van der Waals surface area contributed by atoms with E-state index in [0.29, 0.717) is 28.9 Å². The van der Waals surface area contributed by atoms with E-state index in [1.165, 1.54) is 60.3 Å². The van der Waals surface area contributed by atoms with Gasteiger partial charge in [0.05, 0.1) is 18.4 Å². The molecule has 1 spiro atoms. The van der Waals surface area contributed by atoms with Crippen LogP contribution in [0, 0.1) is 5.82 Å². The van der Waals surface area contributed by atoms with Gasteiger partial charge in [0, 0.05) is 38.0 Å². The van der Waals surface area contributed by atoms with Crippen LogP contribution in [-0.4, -0.2) is 65.2 Å². The lowest BCUT2D eigenvalue weighted by Crippen LogP contribution is -2.44. The van der Waals surface area contributed by atoms with E-state index in [9.17, 15) is 28.4 Å². The number of carbonyl (C=O) groups excluding carboxylic acids is 5. The molecule has 2 aromatic carbocycles. The minimum atomic E-state index is -1.57. The zero-order valence-electron chi connectivity index (χ0n) is 22.8. The Balaban J connectivity index is 1.38. The van der Waals surface area contributed by atoms with Gasteiger partial charge in [-0.2, -0.15) is 5.10 Å². The third-order valence-corrected chi connectivity index (χ3v) is 7.21. The number of ether oxygens (including phenoxy) is 1. The molecule has 1 aliphatic heterocycles. The van der Waals surface area contributed by atoms with Crippen molar-refractivity contribution >= 4 is 41.2 Å².